The molecular weight excluding hydrogens is 444 g/mol. The van der Waals surface area contributed by atoms with Gasteiger partial charge >= 0.3 is 0 Å². The molecule has 5 rings (SSSR count). The summed E-state index contributed by atoms with van der Waals surface area (Å²) in [6.45, 7) is 1.33. The molecule has 0 spiro atoms. The third kappa shape index (κ3) is 3.69. The van der Waals surface area contributed by atoms with Gasteiger partial charge in [-0.15, -0.1) is 0 Å². The largest absolute Gasteiger partial charge is 0.368 e. The molecule has 174 valence electrons. The molecule has 0 saturated carbocycles. The first-order valence-corrected chi connectivity index (χ1v) is 10.6. The van der Waals surface area contributed by atoms with Crippen molar-refractivity contribution >= 4 is 28.2 Å². The maximum absolute atomic E-state index is 14.2. The average molecular weight is 465 g/mol. The molecule has 11 heteroatoms. The molecule has 1 aliphatic rings. The summed E-state index contributed by atoms with van der Waals surface area (Å²) in [5, 5.41) is 11.9. The fourth-order valence-electron chi connectivity index (χ4n) is 4.22. The van der Waals surface area contributed by atoms with Crippen LogP contribution in [0.25, 0.3) is 16.6 Å². The lowest BCUT2D eigenvalue weighted by Gasteiger charge is -2.23. The number of hydrogen-bond donors (Lipinski definition) is 2. The van der Waals surface area contributed by atoms with E-state index in [1.165, 1.54) is 12.1 Å². The molecule has 3 heterocycles. The molecule has 0 radical (unpaired) electrons. The highest BCUT2D eigenvalue weighted by Crippen LogP contribution is 2.36. The van der Waals surface area contributed by atoms with E-state index in [1.54, 1.807) is 16.9 Å². The van der Waals surface area contributed by atoms with Crippen LogP contribution in [0.2, 0.25) is 0 Å². The number of anilines is 2. The number of carbonyl (C=O) groups excluding carboxylic acids is 1. The number of amides is 1. The zero-order valence-electron chi connectivity index (χ0n) is 18.2. The molecule has 9 nitrogen and oxygen atoms in total. The Morgan fingerprint density at radius 1 is 1.12 bits per heavy atom. The van der Waals surface area contributed by atoms with Gasteiger partial charge in [-0.3, -0.25) is 14.3 Å². The molecule has 34 heavy (non-hydrogen) atoms. The molecule has 0 bridgehead atoms. The third-order valence-corrected chi connectivity index (χ3v) is 5.87. The third-order valence-electron chi connectivity index (χ3n) is 5.87. The van der Waals surface area contributed by atoms with Crippen LogP contribution < -0.4 is 21.5 Å². The van der Waals surface area contributed by atoms with Crippen LogP contribution in [-0.4, -0.2) is 44.6 Å². The van der Waals surface area contributed by atoms with Crippen molar-refractivity contribution in [1.29, 1.82) is 0 Å². The number of aryl methyl sites for hydroxylation is 1. The van der Waals surface area contributed by atoms with Gasteiger partial charge in [0.15, 0.2) is 11.6 Å². The number of nitrogens with zero attached hydrogens (tertiary/aromatic N) is 5. The van der Waals surface area contributed by atoms with Crippen LogP contribution >= 0.6 is 0 Å². The molecule has 2 aromatic carbocycles. The zero-order chi connectivity index (χ0) is 24.0. The first-order valence-electron chi connectivity index (χ1n) is 10.6. The van der Waals surface area contributed by atoms with Crippen LogP contribution in [0.1, 0.15) is 16.9 Å². The predicted molar refractivity (Wildman–Crippen MR) is 123 cm³/mol. The van der Waals surface area contributed by atoms with Gasteiger partial charge in [-0.25, -0.2) is 8.78 Å². The fraction of sp³-hybridized carbons (Fsp3) is 0.217. The van der Waals surface area contributed by atoms with Gasteiger partial charge in [0.25, 0.3) is 11.5 Å². The highest BCUT2D eigenvalue weighted by molar-refractivity contribution is 6.08. The van der Waals surface area contributed by atoms with Crippen LogP contribution in [0.3, 0.4) is 0 Å². The van der Waals surface area contributed by atoms with Crippen molar-refractivity contribution in [2.75, 3.05) is 23.3 Å². The van der Waals surface area contributed by atoms with Gasteiger partial charge in [0.1, 0.15) is 11.4 Å². The van der Waals surface area contributed by atoms with Gasteiger partial charge in [-0.05, 0) is 36.8 Å². The van der Waals surface area contributed by atoms with Crippen LogP contribution in [0.4, 0.5) is 20.2 Å². The number of para-hydroxylation sites is 1. The monoisotopic (exact) mass is 465 g/mol. The number of benzene rings is 2. The van der Waals surface area contributed by atoms with Gasteiger partial charge in [0, 0.05) is 37.6 Å². The zero-order valence-corrected chi connectivity index (χ0v) is 18.2. The first kappa shape index (κ1) is 21.7. The quantitative estimate of drug-likeness (QED) is 0.478. The Kier molecular flexibility index (Phi) is 5.33. The van der Waals surface area contributed by atoms with Crippen LogP contribution in [0.5, 0.6) is 0 Å². The van der Waals surface area contributed by atoms with E-state index < -0.39 is 28.8 Å². The Labute approximate surface area is 192 Å². The lowest BCUT2D eigenvalue weighted by atomic mass is 10.1. The van der Waals surface area contributed by atoms with Crippen molar-refractivity contribution in [3.63, 3.8) is 0 Å². The maximum atomic E-state index is 14.2. The summed E-state index contributed by atoms with van der Waals surface area (Å²) >= 11 is 0. The SMILES string of the molecule is Cn1ncc2c(N3CC[C@@H](N)C3)c(NC(=O)c3ccc(=O)n(-c4c(F)cccc4F)n3)ccc21. The minimum atomic E-state index is -0.971. The summed E-state index contributed by atoms with van der Waals surface area (Å²) in [5.41, 5.74) is 6.68. The van der Waals surface area contributed by atoms with E-state index in [0.717, 1.165) is 41.2 Å². The summed E-state index contributed by atoms with van der Waals surface area (Å²) < 4.78 is 30.8. The Balaban J connectivity index is 1.54. The summed E-state index contributed by atoms with van der Waals surface area (Å²) in [6.07, 6.45) is 2.54. The number of nitrogens with two attached hydrogens (primary N) is 1. The van der Waals surface area contributed by atoms with E-state index >= 15 is 0 Å². The molecule has 0 aliphatic carbocycles. The Morgan fingerprint density at radius 2 is 1.88 bits per heavy atom. The van der Waals surface area contributed by atoms with Crippen LogP contribution in [0, 0.1) is 11.6 Å². The minimum absolute atomic E-state index is 0.0105. The lowest BCUT2D eigenvalue weighted by Crippen LogP contribution is -2.28. The number of halogens is 2. The molecular formula is C23H21F2N7O2. The van der Waals surface area contributed by atoms with Crippen molar-refractivity contribution in [2.45, 2.75) is 12.5 Å². The maximum Gasteiger partial charge on any atom is 0.276 e. The van der Waals surface area contributed by atoms with Gasteiger partial charge < -0.3 is 16.0 Å². The molecule has 1 atom stereocenters. The van der Waals surface area contributed by atoms with Crippen LogP contribution in [0.15, 0.2) is 53.5 Å². The smallest absolute Gasteiger partial charge is 0.276 e. The normalized spacial score (nSPS) is 15.8. The molecule has 3 N–H and O–H groups in total. The van der Waals surface area contributed by atoms with E-state index in [2.05, 4.69) is 20.4 Å². The number of fused-ring (bicyclic) bond motifs is 1. The van der Waals surface area contributed by atoms with E-state index in [1.807, 2.05) is 13.1 Å². The molecule has 2 aromatic heterocycles. The topological polar surface area (TPSA) is 111 Å². The molecule has 1 saturated heterocycles. The number of nitrogens with one attached hydrogen (secondary N) is 1. The predicted octanol–water partition coefficient (Wildman–Crippen LogP) is 2.19. The summed E-state index contributed by atoms with van der Waals surface area (Å²) in [6, 6.07) is 9.05. The van der Waals surface area contributed by atoms with Crippen molar-refractivity contribution in [2.24, 2.45) is 12.8 Å². The number of rotatable bonds is 4. The van der Waals surface area contributed by atoms with Gasteiger partial charge in [0.05, 0.1) is 23.1 Å². The Hall–Kier alpha value is -4.12. The number of aromatic nitrogens is 4. The summed E-state index contributed by atoms with van der Waals surface area (Å²) in [4.78, 5) is 27.5. The Bertz CT molecular complexity index is 1460. The molecule has 1 aliphatic heterocycles. The van der Waals surface area contributed by atoms with E-state index in [-0.39, 0.29) is 11.7 Å². The summed E-state index contributed by atoms with van der Waals surface area (Å²) in [7, 11) is 1.83. The first-order chi connectivity index (χ1) is 16.3. The Morgan fingerprint density at radius 3 is 2.59 bits per heavy atom. The number of carbonyl (C=O) groups is 1. The molecule has 1 fully saturated rings. The van der Waals surface area contributed by atoms with E-state index in [9.17, 15) is 18.4 Å². The van der Waals surface area contributed by atoms with E-state index in [0.29, 0.717) is 23.5 Å². The standard InChI is InChI=1S/C23H21F2N7O2/c1-30-19-7-5-17(21(14(19)11-27-30)31-10-9-13(26)12-31)28-23(34)18-6-8-20(33)32(29-18)22-15(24)3-2-4-16(22)25/h2-8,11,13H,9-10,12,26H2,1H3,(H,28,34)/t13-/m1/s1. The van der Waals surface area contributed by atoms with Crippen molar-refractivity contribution in [1.82, 2.24) is 19.6 Å². The molecule has 1 amide bonds. The molecule has 4 aromatic rings. The summed E-state index contributed by atoms with van der Waals surface area (Å²) in [5.74, 6) is -2.58. The fourth-order valence-corrected chi connectivity index (χ4v) is 4.22. The molecule has 0 unspecified atom stereocenters. The van der Waals surface area contributed by atoms with Gasteiger partial charge in [-0.2, -0.15) is 14.9 Å². The second-order valence-electron chi connectivity index (χ2n) is 8.15. The second kappa shape index (κ2) is 8.34. The van der Waals surface area contributed by atoms with Crippen molar-refractivity contribution in [3.05, 3.63) is 76.3 Å². The lowest BCUT2D eigenvalue weighted by molar-refractivity contribution is 0.102. The second-order valence-corrected chi connectivity index (χ2v) is 8.15. The average Bonchev–Trinajstić information content (AvgIpc) is 3.40. The minimum Gasteiger partial charge on any atom is -0.368 e. The van der Waals surface area contributed by atoms with Crippen molar-refractivity contribution < 1.29 is 13.6 Å². The van der Waals surface area contributed by atoms with Crippen LogP contribution in [-0.2, 0) is 7.05 Å². The van der Waals surface area contributed by atoms with Gasteiger partial charge in [0.2, 0.25) is 0 Å². The van der Waals surface area contributed by atoms with Crippen molar-refractivity contribution in [3.8, 4) is 5.69 Å². The van der Waals surface area contributed by atoms with E-state index in [4.69, 9.17) is 5.73 Å². The highest BCUT2D eigenvalue weighted by atomic mass is 19.1. The number of hydrogen-bond acceptors (Lipinski definition) is 6. The highest BCUT2D eigenvalue weighted by Gasteiger charge is 2.25. The van der Waals surface area contributed by atoms with Gasteiger partial charge in [-0.1, -0.05) is 6.07 Å².